The Morgan fingerprint density at radius 1 is 0.960 bits per heavy atom. The van der Waals surface area contributed by atoms with E-state index in [9.17, 15) is 30.2 Å². The van der Waals surface area contributed by atoms with Crippen LogP contribution in [-0.4, -0.2) is 31.0 Å². The second-order valence-corrected chi connectivity index (χ2v) is 8.83. The highest BCUT2D eigenvalue weighted by molar-refractivity contribution is 7.89. The normalized spacial score (nSPS) is 13.9. The molecule has 1 unspecified atom stereocenters. The number of benzene rings is 2. The summed E-state index contributed by atoms with van der Waals surface area (Å²) in [4.78, 5) is -0.923. The number of alkyl halides is 3. The highest BCUT2D eigenvalue weighted by Crippen LogP contribution is 2.33. The fourth-order valence-electron chi connectivity index (χ4n) is 1.90. The van der Waals surface area contributed by atoms with Crippen LogP contribution in [-0.2, 0) is 27.0 Å². The number of nitrogens with zero attached hydrogens (tertiary/aromatic N) is 1. The summed E-state index contributed by atoms with van der Waals surface area (Å²) in [7, 11) is -3.93. The minimum absolute atomic E-state index is 0.0499. The van der Waals surface area contributed by atoms with Gasteiger partial charge in [0.15, 0.2) is 0 Å². The maximum absolute atomic E-state index is 13.1. The van der Waals surface area contributed by atoms with Gasteiger partial charge in [0.25, 0.3) is 0 Å². The second-order valence-electron chi connectivity index (χ2n) is 5.20. The molecule has 10 heteroatoms. The van der Waals surface area contributed by atoms with Crippen molar-refractivity contribution in [1.29, 1.82) is 0 Å². The van der Waals surface area contributed by atoms with Crippen LogP contribution in [0, 0.1) is 5.82 Å². The molecule has 4 nitrogen and oxygen atoms in total. The monoisotopic (exact) mass is 395 g/mol. The summed E-state index contributed by atoms with van der Waals surface area (Å²) in [5, 5.41) is 0. The first-order valence-corrected chi connectivity index (χ1v) is 9.34. The molecule has 2 rings (SSSR count). The average Bonchev–Trinajstić information content (AvgIpc) is 2.53. The summed E-state index contributed by atoms with van der Waals surface area (Å²) in [6, 6.07) is 6.37. The van der Waals surface area contributed by atoms with E-state index in [2.05, 4.69) is 0 Å². The average molecular weight is 395 g/mol. The Morgan fingerprint density at radius 3 is 2.00 bits per heavy atom. The van der Waals surface area contributed by atoms with Crippen LogP contribution in [0.25, 0.3) is 0 Å². The third kappa shape index (κ3) is 4.25. The lowest BCUT2D eigenvalue weighted by Crippen LogP contribution is -2.23. The van der Waals surface area contributed by atoms with Crippen LogP contribution in [0.1, 0.15) is 5.56 Å². The van der Waals surface area contributed by atoms with Gasteiger partial charge in [-0.1, -0.05) is 0 Å². The summed E-state index contributed by atoms with van der Waals surface area (Å²) in [6.07, 6.45) is -4.82. The molecule has 0 saturated heterocycles. The SMILES string of the molecule is CN(C)S(=O)(=O)c1cc(S(=O)c2ccc(F)cc2)cc(C(F)(F)F)c1. The Morgan fingerprint density at radius 2 is 1.52 bits per heavy atom. The van der Waals surface area contributed by atoms with E-state index >= 15 is 0 Å². The van der Waals surface area contributed by atoms with E-state index in [0.717, 1.165) is 34.6 Å². The van der Waals surface area contributed by atoms with Crippen LogP contribution in [0.2, 0.25) is 0 Å². The van der Waals surface area contributed by atoms with Crippen LogP contribution in [0.5, 0.6) is 0 Å². The van der Waals surface area contributed by atoms with Crippen molar-refractivity contribution < 1.29 is 30.2 Å². The van der Waals surface area contributed by atoms with Crippen molar-refractivity contribution in [3.8, 4) is 0 Å². The molecule has 0 spiro atoms. The molecular formula is C15H13F4NO3S2. The number of halogens is 4. The first-order valence-electron chi connectivity index (χ1n) is 6.75. The molecule has 0 aromatic heterocycles. The highest BCUT2D eigenvalue weighted by Gasteiger charge is 2.33. The molecule has 1 atom stereocenters. The van der Waals surface area contributed by atoms with Crippen molar-refractivity contribution in [2.75, 3.05) is 14.1 Å². The quantitative estimate of drug-likeness (QED) is 0.747. The lowest BCUT2D eigenvalue weighted by molar-refractivity contribution is -0.137. The molecule has 0 radical (unpaired) electrons. The maximum atomic E-state index is 13.1. The lowest BCUT2D eigenvalue weighted by atomic mass is 10.2. The molecule has 2 aromatic carbocycles. The maximum Gasteiger partial charge on any atom is 0.416 e. The number of hydrogen-bond donors (Lipinski definition) is 0. The Hall–Kier alpha value is -1.78. The minimum atomic E-state index is -4.82. The molecule has 136 valence electrons. The van der Waals surface area contributed by atoms with Gasteiger partial charge in [0.1, 0.15) is 5.82 Å². The standard InChI is InChI=1S/C15H13F4NO3S2/c1-20(2)25(22,23)14-8-10(15(17,18)19)7-13(9-14)24(21)12-5-3-11(16)4-6-12/h3-9H,1-2H3. The van der Waals surface area contributed by atoms with E-state index in [0.29, 0.717) is 12.1 Å². The zero-order chi connectivity index (χ0) is 19.0. The molecule has 0 amide bonds. The summed E-state index contributed by atoms with van der Waals surface area (Å²) in [6.45, 7) is 0. The van der Waals surface area contributed by atoms with E-state index < -0.39 is 43.3 Å². The molecule has 0 heterocycles. The molecule has 0 aliphatic heterocycles. The van der Waals surface area contributed by atoms with Gasteiger partial charge in [0.2, 0.25) is 10.0 Å². The third-order valence-corrected chi connectivity index (χ3v) is 6.38. The number of hydrogen-bond acceptors (Lipinski definition) is 3. The van der Waals surface area contributed by atoms with Gasteiger partial charge in [0, 0.05) is 23.9 Å². The Kier molecular flexibility index (Phi) is 5.35. The third-order valence-electron chi connectivity index (χ3n) is 3.23. The van der Waals surface area contributed by atoms with Crippen molar-refractivity contribution >= 4 is 20.8 Å². The zero-order valence-corrected chi connectivity index (χ0v) is 14.7. The molecule has 0 aliphatic rings. The van der Waals surface area contributed by atoms with Crippen molar-refractivity contribution in [1.82, 2.24) is 4.31 Å². The van der Waals surface area contributed by atoms with E-state index in [-0.39, 0.29) is 9.79 Å². The molecule has 0 bridgehead atoms. The molecule has 25 heavy (non-hydrogen) atoms. The molecule has 0 N–H and O–H groups in total. The van der Waals surface area contributed by atoms with Gasteiger partial charge >= 0.3 is 6.18 Å². The van der Waals surface area contributed by atoms with Gasteiger partial charge < -0.3 is 0 Å². The predicted octanol–water partition coefficient (Wildman–Crippen LogP) is 3.26. The second kappa shape index (κ2) is 6.85. The van der Waals surface area contributed by atoms with Crippen molar-refractivity contribution in [3.05, 3.63) is 53.8 Å². The smallest absolute Gasteiger partial charge is 0.249 e. The van der Waals surface area contributed by atoms with Crippen molar-refractivity contribution in [2.24, 2.45) is 0 Å². The summed E-state index contributed by atoms with van der Waals surface area (Å²) >= 11 is 0. The van der Waals surface area contributed by atoms with E-state index in [4.69, 9.17) is 0 Å². The zero-order valence-electron chi connectivity index (χ0n) is 13.0. The van der Waals surface area contributed by atoms with Crippen molar-refractivity contribution in [3.63, 3.8) is 0 Å². The number of sulfonamides is 1. The van der Waals surface area contributed by atoms with Gasteiger partial charge in [0.05, 0.1) is 21.3 Å². The predicted molar refractivity (Wildman–Crippen MR) is 83.4 cm³/mol. The highest BCUT2D eigenvalue weighted by atomic mass is 32.2. The Bertz CT molecular complexity index is 907. The molecule has 0 aliphatic carbocycles. The van der Waals surface area contributed by atoms with Gasteiger partial charge in [-0.05, 0) is 42.5 Å². The topological polar surface area (TPSA) is 54.5 Å². The molecular weight excluding hydrogens is 382 g/mol. The molecule has 0 fully saturated rings. The van der Waals surface area contributed by atoms with Crippen LogP contribution in [0.4, 0.5) is 17.6 Å². The van der Waals surface area contributed by atoms with Gasteiger partial charge in [-0.2, -0.15) is 13.2 Å². The van der Waals surface area contributed by atoms with E-state index in [1.807, 2.05) is 0 Å². The first kappa shape index (κ1) is 19.5. The van der Waals surface area contributed by atoms with Crippen LogP contribution in [0.3, 0.4) is 0 Å². The fourth-order valence-corrected chi connectivity index (χ4v) is 4.07. The minimum Gasteiger partial charge on any atom is -0.249 e. The fraction of sp³-hybridized carbons (Fsp3) is 0.200. The summed E-state index contributed by atoms with van der Waals surface area (Å²) < 4.78 is 89.9. The summed E-state index contributed by atoms with van der Waals surface area (Å²) in [5.74, 6) is -0.597. The van der Waals surface area contributed by atoms with Gasteiger partial charge in [-0.15, -0.1) is 0 Å². The Balaban J connectivity index is 2.65. The first-order chi connectivity index (χ1) is 11.4. The van der Waals surface area contributed by atoms with E-state index in [1.54, 1.807) is 0 Å². The molecule has 2 aromatic rings. The van der Waals surface area contributed by atoms with Crippen molar-refractivity contribution in [2.45, 2.75) is 20.9 Å². The summed E-state index contributed by atoms with van der Waals surface area (Å²) in [5.41, 5.74) is -1.24. The van der Waals surface area contributed by atoms with Crippen LogP contribution >= 0.6 is 0 Å². The largest absolute Gasteiger partial charge is 0.416 e. The van der Waals surface area contributed by atoms with Crippen LogP contribution in [0.15, 0.2) is 57.2 Å². The lowest BCUT2D eigenvalue weighted by Gasteiger charge is -2.15. The molecule has 0 saturated carbocycles. The van der Waals surface area contributed by atoms with Crippen LogP contribution < -0.4 is 0 Å². The number of rotatable bonds is 4. The van der Waals surface area contributed by atoms with Gasteiger partial charge in [-0.25, -0.2) is 21.3 Å². The van der Waals surface area contributed by atoms with E-state index in [1.165, 1.54) is 14.1 Å². The Labute approximate surface area is 144 Å². The van der Waals surface area contributed by atoms with Gasteiger partial charge in [-0.3, -0.25) is 0 Å².